The second kappa shape index (κ2) is 11.3. The van der Waals surface area contributed by atoms with Crippen molar-refractivity contribution >= 4 is 23.9 Å². The first-order chi connectivity index (χ1) is 14.5. The van der Waals surface area contributed by atoms with E-state index in [-0.39, 0.29) is 49.8 Å². The number of nitrogens with zero attached hydrogens (tertiary/aromatic N) is 2. The number of nitro groups is 1. The minimum absolute atomic E-state index is 0.0340. The van der Waals surface area contributed by atoms with Gasteiger partial charge in [0.05, 0.1) is 24.2 Å². The first-order valence-electron chi connectivity index (χ1n) is 9.20. The molecule has 0 saturated carbocycles. The van der Waals surface area contributed by atoms with E-state index in [1.807, 2.05) is 30.3 Å². The number of amides is 1. The number of carbonyl (C=O) groups is 3. The maximum Gasteiger partial charge on any atom is 0.325 e. The molecule has 0 saturated heterocycles. The number of hydrogen-bond acceptors (Lipinski definition) is 7. The zero-order valence-corrected chi connectivity index (χ0v) is 16.5. The Labute approximate surface area is 173 Å². The van der Waals surface area contributed by atoms with Crippen LogP contribution in [-0.2, 0) is 20.9 Å². The lowest BCUT2D eigenvalue weighted by Crippen LogP contribution is -2.35. The van der Waals surface area contributed by atoms with Gasteiger partial charge < -0.3 is 14.4 Å². The average Bonchev–Trinajstić information content (AvgIpc) is 2.76. The van der Waals surface area contributed by atoms with Crippen LogP contribution in [0.2, 0.25) is 0 Å². The molecule has 9 heteroatoms. The molecule has 0 bridgehead atoms. The first kappa shape index (κ1) is 22.5. The van der Waals surface area contributed by atoms with E-state index in [0.717, 1.165) is 5.56 Å². The predicted octanol–water partition coefficient (Wildman–Crippen LogP) is 2.77. The third-order valence-electron chi connectivity index (χ3n) is 4.25. The lowest BCUT2D eigenvalue weighted by molar-refractivity contribution is -0.386. The Morgan fingerprint density at radius 3 is 2.50 bits per heavy atom. The Morgan fingerprint density at radius 1 is 1.13 bits per heavy atom. The summed E-state index contributed by atoms with van der Waals surface area (Å²) < 4.78 is 10.1. The van der Waals surface area contributed by atoms with E-state index in [4.69, 9.17) is 4.74 Å². The van der Waals surface area contributed by atoms with Gasteiger partial charge in [-0.05, 0) is 24.1 Å². The van der Waals surface area contributed by atoms with Crippen LogP contribution in [0.25, 0.3) is 0 Å². The number of rotatable bonds is 11. The molecule has 0 unspecified atom stereocenters. The van der Waals surface area contributed by atoms with Crippen molar-refractivity contribution in [3.8, 4) is 5.75 Å². The Bertz CT molecular complexity index is 899. The fourth-order valence-electron chi connectivity index (χ4n) is 2.77. The highest BCUT2D eigenvalue weighted by Crippen LogP contribution is 2.29. The fourth-order valence-corrected chi connectivity index (χ4v) is 2.77. The number of methoxy groups -OCH3 is 1. The van der Waals surface area contributed by atoms with Crippen LogP contribution in [0.1, 0.15) is 28.8 Å². The van der Waals surface area contributed by atoms with Gasteiger partial charge in [-0.3, -0.25) is 24.5 Å². The average molecular weight is 414 g/mol. The van der Waals surface area contributed by atoms with Gasteiger partial charge in [-0.15, -0.1) is 0 Å². The highest BCUT2D eigenvalue weighted by atomic mass is 16.6. The number of esters is 1. The molecule has 0 aliphatic carbocycles. The molecule has 1 amide bonds. The molecule has 0 aliphatic rings. The molecular weight excluding hydrogens is 392 g/mol. The van der Waals surface area contributed by atoms with Crippen molar-refractivity contribution in [3.63, 3.8) is 0 Å². The van der Waals surface area contributed by atoms with E-state index in [0.29, 0.717) is 6.29 Å². The van der Waals surface area contributed by atoms with Crippen LogP contribution < -0.4 is 4.74 Å². The largest absolute Gasteiger partial charge is 0.487 e. The Balaban J connectivity index is 1.96. The molecule has 2 aromatic rings. The van der Waals surface area contributed by atoms with Crippen LogP contribution in [0.3, 0.4) is 0 Å². The zero-order chi connectivity index (χ0) is 21.9. The van der Waals surface area contributed by atoms with Crippen molar-refractivity contribution in [2.75, 3.05) is 20.3 Å². The molecular formula is C21H22N2O7. The summed E-state index contributed by atoms with van der Waals surface area (Å²) in [6.45, 7) is 0.104. The van der Waals surface area contributed by atoms with Crippen molar-refractivity contribution in [1.82, 2.24) is 4.90 Å². The van der Waals surface area contributed by atoms with Crippen LogP contribution >= 0.6 is 0 Å². The molecule has 2 rings (SSSR count). The summed E-state index contributed by atoms with van der Waals surface area (Å²) in [5.41, 5.74) is 0.378. The molecule has 0 atom stereocenters. The molecule has 9 nitrogen and oxygen atoms in total. The number of hydrogen-bond donors (Lipinski definition) is 0. The summed E-state index contributed by atoms with van der Waals surface area (Å²) in [6, 6.07) is 13.4. The van der Waals surface area contributed by atoms with E-state index in [2.05, 4.69) is 4.74 Å². The van der Waals surface area contributed by atoms with Crippen LogP contribution in [0, 0.1) is 10.1 Å². The van der Waals surface area contributed by atoms with E-state index < -0.39 is 16.6 Å². The molecule has 158 valence electrons. The highest BCUT2D eigenvalue weighted by molar-refractivity contribution is 5.83. The number of aldehydes is 1. The topological polar surface area (TPSA) is 116 Å². The number of ether oxygens (including phenoxy) is 2. The molecule has 2 aromatic carbocycles. The van der Waals surface area contributed by atoms with Gasteiger partial charge in [0, 0.05) is 13.0 Å². The first-order valence-corrected chi connectivity index (χ1v) is 9.20. The molecule has 0 aromatic heterocycles. The van der Waals surface area contributed by atoms with E-state index in [9.17, 15) is 24.5 Å². The maximum absolute atomic E-state index is 12.6. The number of carbonyl (C=O) groups excluding carboxylic acids is 3. The molecule has 0 fully saturated rings. The van der Waals surface area contributed by atoms with Crippen molar-refractivity contribution in [1.29, 1.82) is 0 Å². The monoisotopic (exact) mass is 414 g/mol. The molecule has 0 aliphatic heterocycles. The van der Waals surface area contributed by atoms with Crippen LogP contribution in [-0.4, -0.2) is 48.2 Å². The fraction of sp³-hybridized carbons (Fsp3) is 0.286. The third kappa shape index (κ3) is 6.40. The number of nitro benzene ring substituents is 1. The number of benzene rings is 2. The molecule has 0 heterocycles. The van der Waals surface area contributed by atoms with Gasteiger partial charge in [0.1, 0.15) is 6.54 Å². The van der Waals surface area contributed by atoms with Gasteiger partial charge in [-0.25, -0.2) is 0 Å². The zero-order valence-electron chi connectivity index (χ0n) is 16.5. The highest BCUT2D eigenvalue weighted by Gasteiger charge is 2.21. The summed E-state index contributed by atoms with van der Waals surface area (Å²) in [7, 11) is 1.25. The summed E-state index contributed by atoms with van der Waals surface area (Å²) in [5, 5.41) is 11.2. The molecule has 30 heavy (non-hydrogen) atoms. The van der Waals surface area contributed by atoms with Crippen LogP contribution in [0.15, 0.2) is 48.5 Å². The molecule has 0 radical (unpaired) electrons. The lowest BCUT2D eigenvalue weighted by atomic mass is 10.2. The van der Waals surface area contributed by atoms with E-state index in [1.54, 1.807) is 0 Å². The van der Waals surface area contributed by atoms with Crippen LogP contribution in [0.4, 0.5) is 5.69 Å². The Kier molecular flexibility index (Phi) is 8.49. The summed E-state index contributed by atoms with van der Waals surface area (Å²) in [4.78, 5) is 47.2. The van der Waals surface area contributed by atoms with E-state index >= 15 is 0 Å². The van der Waals surface area contributed by atoms with Gasteiger partial charge in [0.15, 0.2) is 12.0 Å². The minimum Gasteiger partial charge on any atom is -0.487 e. The van der Waals surface area contributed by atoms with Crippen LogP contribution in [0.5, 0.6) is 5.75 Å². The van der Waals surface area contributed by atoms with Gasteiger partial charge in [-0.1, -0.05) is 36.4 Å². The summed E-state index contributed by atoms with van der Waals surface area (Å²) in [5.74, 6) is -0.839. The van der Waals surface area contributed by atoms with Crippen molar-refractivity contribution in [3.05, 3.63) is 69.8 Å². The normalized spacial score (nSPS) is 10.2. The predicted molar refractivity (Wildman–Crippen MR) is 107 cm³/mol. The second-order valence-electron chi connectivity index (χ2n) is 6.33. The third-order valence-corrected chi connectivity index (χ3v) is 4.25. The Morgan fingerprint density at radius 2 is 1.87 bits per heavy atom. The minimum atomic E-state index is -0.678. The van der Waals surface area contributed by atoms with Crippen molar-refractivity contribution in [2.24, 2.45) is 0 Å². The summed E-state index contributed by atoms with van der Waals surface area (Å²) >= 11 is 0. The molecule has 0 N–H and O–H groups in total. The van der Waals surface area contributed by atoms with Crippen molar-refractivity contribution in [2.45, 2.75) is 19.4 Å². The van der Waals surface area contributed by atoms with Gasteiger partial charge in [0.25, 0.3) is 0 Å². The van der Waals surface area contributed by atoms with Gasteiger partial charge in [0.2, 0.25) is 5.91 Å². The second-order valence-corrected chi connectivity index (χ2v) is 6.33. The summed E-state index contributed by atoms with van der Waals surface area (Å²) in [6.07, 6.45) is 0.738. The van der Waals surface area contributed by atoms with Gasteiger partial charge in [-0.2, -0.15) is 0 Å². The molecule has 0 spiro atoms. The lowest BCUT2D eigenvalue weighted by Gasteiger charge is -2.21. The maximum atomic E-state index is 12.6. The SMILES string of the molecule is COC(=O)CN(Cc1ccccc1)C(=O)CCCOc1cccc(C=O)c1[N+](=O)[O-]. The van der Waals surface area contributed by atoms with Crippen molar-refractivity contribution < 1.29 is 28.8 Å². The van der Waals surface area contributed by atoms with Gasteiger partial charge >= 0.3 is 11.7 Å². The quantitative estimate of drug-likeness (QED) is 0.182. The smallest absolute Gasteiger partial charge is 0.325 e. The standard InChI is InChI=1S/C21H22N2O7/c1-29-20(26)14-22(13-16-7-3-2-4-8-16)19(25)11-6-12-30-18-10-5-9-17(15-24)21(18)23(27)28/h2-5,7-10,15H,6,11-14H2,1H3. The Hall–Kier alpha value is -3.75. The van der Waals surface area contributed by atoms with E-state index in [1.165, 1.54) is 30.2 Å². The number of para-hydroxylation sites is 1.